The third-order valence-electron chi connectivity index (χ3n) is 4.94. The Morgan fingerprint density at radius 2 is 2.18 bits per heavy atom. The average Bonchev–Trinajstić information content (AvgIpc) is 2.91. The van der Waals surface area contributed by atoms with Gasteiger partial charge in [0.05, 0.1) is 5.41 Å². The minimum absolute atomic E-state index is 0. The maximum atomic E-state index is 13.6. The van der Waals surface area contributed by atoms with Crippen molar-refractivity contribution in [2.45, 2.75) is 32.2 Å². The van der Waals surface area contributed by atoms with E-state index in [0.717, 1.165) is 31.9 Å². The number of amides is 1. The zero-order valence-corrected chi connectivity index (χ0v) is 13.1. The fourth-order valence-corrected chi connectivity index (χ4v) is 3.71. The van der Waals surface area contributed by atoms with Crippen molar-refractivity contribution in [3.8, 4) is 0 Å². The molecule has 2 atom stereocenters. The van der Waals surface area contributed by atoms with Crippen LogP contribution in [0.2, 0.25) is 0 Å². The minimum atomic E-state index is -0.613. The summed E-state index contributed by atoms with van der Waals surface area (Å²) in [5.74, 6) is -0.837. The number of hydrogen-bond donors (Lipinski definition) is 2. The maximum absolute atomic E-state index is 13.6. The Hall–Kier alpha value is -1.20. The fraction of sp³-hybridized carbons (Fsp3) is 0.562. The Morgan fingerprint density at radius 1 is 1.36 bits per heavy atom. The molecule has 0 bridgehead atoms. The number of rotatable bonds is 3. The normalized spacial score (nSPS) is 26.9. The first kappa shape index (κ1) is 17.2. The van der Waals surface area contributed by atoms with Crippen LogP contribution < -0.4 is 10.6 Å². The highest BCUT2D eigenvalue weighted by Crippen LogP contribution is 2.43. The van der Waals surface area contributed by atoms with Gasteiger partial charge in [-0.2, -0.15) is 0 Å². The highest BCUT2D eigenvalue weighted by atomic mass is 35.5. The fourth-order valence-electron chi connectivity index (χ4n) is 3.71. The molecule has 2 N–H and O–H groups in total. The van der Waals surface area contributed by atoms with Gasteiger partial charge in [0, 0.05) is 24.7 Å². The minimum Gasteiger partial charge on any atom is -0.351 e. The molecule has 2 fully saturated rings. The standard InChI is InChI=1S/C16H20F2N2O.ClH/c17-13-5-4-11(14(18)7-13)8-20-15(21)16-6-2-1-3-12(16)9-19-10-16;/h4-5,7,12,19H,1-3,6,8-10H2,(H,20,21);1H/t12-,16+;/m0./s1. The molecule has 1 aromatic rings. The van der Waals surface area contributed by atoms with Crippen LogP contribution in [0.3, 0.4) is 0 Å². The van der Waals surface area contributed by atoms with Gasteiger partial charge in [-0.3, -0.25) is 4.79 Å². The van der Waals surface area contributed by atoms with E-state index in [4.69, 9.17) is 0 Å². The number of carbonyl (C=O) groups excluding carboxylic acids is 1. The molecular formula is C16H21ClF2N2O. The molecule has 1 saturated heterocycles. The number of nitrogens with one attached hydrogen (secondary N) is 2. The lowest BCUT2D eigenvalue weighted by molar-refractivity contribution is -0.134. The highest BCUT2D eigenvalue weighted by molar-refractivity contribution is 5.85. The Morgan fingerprint density at radius 3 is 2.95 bits per heavy atom. The summed E-state index contributed by atoms with van der Waals surface area (Å²) >= 11 is 0. The smallest absolute Gasteiger partial charge is 0.228 e. The van der Waals surface area contributed by atoms with E-state index in [-0.39, 0.29) is 30.3 Å². The Kier molecular flexibility index (Phi) is 5.40. The van der Waals surface area contributed by atoms with Gasteiger partial charge in [0.25, 0.3) is 0 Å². The summed E-state index contributed by atoms with van der Waals surface area (Å²) in [5, 5.41) is 6.17. The van der Waals surface area contributed by atoms with E-state index >= 15 is 0 Å². The van der Waals surface area contributed by atoms with Crippen molar-refractivity contribution in [2.75, 3.05) is 13.1 Å². The Balaban J connectivity index is 0.00000176. The lowest BCUT2D eigenvalue weighted by Gasteiger charge is -2.37. The lowest BCUT2D eigenvalue weighted by atomic mass is 9.67. The molecule has 1 aromatic carbocycles. The molecule has 6 heteroatoms. The summed E-state index contributed by atoms with van der Waals surface area (Å²) < 4.78 is 26.5. The monoisotopic (exact) mass is 330 g/mol. The van der Waals surface area contributed by atoms with Gasteiger partial charge in [0.2, 0.25) is 5.91 Å². The number of carbonyl (C=O) groups is 1. The van der Waals surface area contributed by atoms with Gasteiger partial charge in [-0.05, 0) is 31.4 Å². The SMILES string of the molecule is Cl.O=C(NCc1ccc(F)cc1F)[C@@]12CCCC[C@H]1CNC2. The molecule has 1 saturated carbocycles. The number of fused-ring (bicyclic) bond motifs is 1. The molecule has 3 nitrogen and oxygen atoms in total. The highest BCUT2D eigenvalue weighted by Gasteiger charge is 2.49. The second-order valence-corrected chi connectivity index (χ2v) is 6.15. The van der Waals surface area contributed by atoms with E-state index in [0.29, 0.717) is 18.0 Å². The van der Waals surface area contributed by atoms with Crippen molar-refractivity contribution < 1.29 is 13.6 Å². The molecule has 22 heavy (non-hydrogen) atoms. The Bertz CT molecular complexity index is 555. The van der Waals surface area contributed by atoms with Gasteiger partial charge in [-0.25, -0.2) is 8.78 Å². The predicted octanol–water partition coefficient (Wildman–Crippen LogP) is 2.78. The van der Waals surface area contributed by atoms with Crippen molar-refractivity contribution in [2.24, 2.45) is 11.3 Å². The van der Waals surface area contributed by atoms with Crippen LogP contribution in [0.25, 0.3) is 0 Å². The topological polar surface area (TPSA) is 41.1 Å². The van der Waals surface area contributed by atoms with Gasteiger partial charge in [-0.15, -0.1) is 12.4 Å². The second-order valence-electron chi connectivity index (χ2n) is 6.15. The quantitative estimate of drug-likeness (QED) is 0.894. The number of halogens is 3. The molecule has 0 spiro atoms. The average molecular weight is 331 g/mol. The van der Waals surface area contributed by atoms with E-state index in [9.17, 15) is 13.6 Å². The molecule has 2 aliphatic rings. The van der Waals surface area contributed by atoms with Crippen molar-refractivity contribution in [1.29, 1.82) is 0 Å². The molecule has 1 heterocycles. The van der Waals surface area contributed by atoms with Crippen LogP contribution in [0.4, 0.5) is 8.78 Å². The van der Waals surface area contributed by atoms with Crippen LogP contribution in [-0.4, -0.2) is 19.0 Å². The summed E-state index contributed by atoms with van der Waals surface area (Å²) in [6, 6.07) is 3.44. The van der Waals surface area contributed by atoms with Gasteiger partial charge >= 0.3 is 0 Å². The number of benzene rings is 1. The molecule has 1 aliphatic heterocycles. The molecule has 0 aromatic heterocycles. The molecule has 122 valence electrons. The van der Waals surface area contributed by atoms with E-state index in [1.54, 1.807) is 0 Å². The van der Waals surface area contributed by atoms with Crippen molar-refractivity contribution in [1.82, 2.24) is 10.6 Å². The summed E-state index contributed by atoms with van der Waals surface area (Å²) in [6.07, 6.45) is 4.21. The van der Waals surface area contributed by atoms with E-state index < -0.39 is 11.6 Å². The van der Waals surface area contributed by atoms with E-state index in [2.05, 4.69) is 10.6 Å². The zero-order chi connectivity index (χ0) is 14.9. The Labute approximate surface area is 135 Å². The van der Waals surface area contributed by atoms with Gasteiger partial charge < -0.3 is 10.6 Å². The third-order valence-corrected chi connectivity index (χ3v) is 4.94. The summed E-state index contributed by atoms with van der Waals surface area (Å²) in [6.45, 7) is 1.70. The summed E-state index contributed by atoms with van der Waals surface area (Å²) in [4.78, 5) is 12.6. The van der Waals surface area contributed by atoms with Gasteiger partial charge in [-0.1, -0.05) is 18.9 Å². The molecule has 1 amide bonds. The van der Waals surface area contributed by atoms with Crippen LogP contribution in [0.1, 0.15) is 31.2 Å². The summed E-state index contributed by atoms with van der Waals surface area (Å²) in [5.41, 5.74) is -0.0196. The van der Waals surface area contributed by atoms with Crippen molar-refractivity contribution in [3.63, 3.8) is 0 Å². The van der Waals surface area contributed by atoms with Crippen LogP contribution in [0.5, 0.6) is 0 Å². The molecular weight excluding hydrogens is 310 g/mol. The van der Waals surface area contributed by atoms with Crippen LogP contribution in [0.15, 0.2) is 18.2 Å². The zero-order valence-electron chi connectivity index (χ0n) is 12.3. The van der Waals surface area contributed by atoms with Gasteiger partial charge in [0.1, 0.15) is 11.6 Å². The molecule has 0 unspecified atom stereocenters. The largest absolute Gasteiger partial charge is 0.351 e. The van der Waals surface area contributed by atoms with Gasteiger partial charge in [0.15, 0.2) is 0 Å². The predicted molar refractivity (Wildman–Crippen MR) is 82.7 cm³/mol. The first-order valence-electron chi connectivity index (χ1n) is 7.55. The van der Waals surface area contributed by atoms with E-state index in [1.165, 1.54) is 18.6 Å². The maximum Gasteiger partial charge on any atom is 0.228 e. The van der Waals surface area contributed by atoms with Crippen LogP contribution in [0, 0.1) is 23.0 Å². The first-order chi connectivity index (χ1) is 10.1. The number of hydrogen-bond acceptors (Lipinski definition) is 2. The summed E-state index contributed by atoms with van der Waals surface area (Å²) in [7, 11) is 0. The van der Waals surface area contributed by atoms with Crippen LogP contribution in [-0.2, 0) is 11.3 Å². The lowest BCUT2D eigenvalue weighted by Crippen LogP contribution is -2.47. The second kappa shape index (κ2) is 6.92. The molecule has 3 rings (SSSR count). The van der Waals surface area contributed by atoms with E-state index in [1.807, 2.05) is 0 Å². The first-order valence-corrected chi connectivity index (χ1v) is 7.55. The third kappa shape index (κ3) is 3.10. The van der Waals surface area contributed by atoms with Crippen molar-refractivity contribution in [3.05, 3.63) is 35.4 Å². The molecule has 0 radical (unpaired) electrons. The van der Waals surface area contributed by atoms with Crippen molar-refractivity contribution >= 4 is 18.3 Å². The molecule has 1 aliphatic carbocycles. The van der Waals surface area contributed by atoms with Crippen LogP contribution >= 0.6 is 12.4 Å².